The Morgan fingerprint density at radius 2 is 1.81 bits per heavy atom. The molecule has 0 radical (unpaired) electrons. The second-order valence-corrected chi connectivity index (χ2v) is 9.26. The van der Waals surface area contributed by atoms with Gasteiger partial charge in [0, 0.05) is 24.6 Å². The summed E-state index contributed by atoms with van der Waals surface area (Å²) in [5, 5.41) is 2.35. The molecule has 3 aliphatic rings. The Balaban J connectivity index is 1.47. The molecule has 1 saturated heterocycles. The van der Waals surface area contributed by atoms with E-state index >= 15 is 0 Å². The van der Waals surface area contributed by atoms with Crippen LogP contribution in [0.1, 0.15) is 81.1 Å². The van der Waals surface area contributed by atoms with E-state index in [0.29, 0.717) is 24.6 Å². The lowest BCUT2D eigenvalue weighted by Gasteiger charge is -2.39. The monoisotopic (exact) mass is 441 g/mol. The zero-order valence-electron chi connectivity index (χ0n) is 19.3. The molecule has 0 spiro atoms. The van der Waals surface area contributed by atoms with Gasteiger partial charge in [-0.15, -0.1) is 0 Å². The maximum absolute atomic E-state index is 12.9. The van der Waals surface area contributed by atoms with Gasteiger partial charge in [-0.05, 0) is 75.4 Å². The minimum absolute atomic E-state index is 0.145. The van der Waals surface area contributed by atoms with Gasteiger partial charge < -0.3 is 9.64 Å². The van der Waals surface area contributed by atoms with Crippen LogP contribution in [-0.4, -0.2) is 58.8 Å². The van der Waals surface area contributed by atoms with E-state index in [2.05, 4.69) is 24.1 Å². The largest absolute Gasteiger partial charge is 0.489 e. The molecule has 1 aromatic rings. The Morgan fingerprint density at radius 1 is 1.06 bits per heavy atom. The van der Waals surface area contributed by atoms with Crippen molar-refractivity contribution in [2.75, 3.05) is 13.1 Å². The van der Waals surface area contributed by atoms with E-state index in [1.165, 1.54) is 12.8 Å². The molecule has 1 aliphatic carbocycles. The molecule has 0 bridgehead atoms. The minimum Gasteiger partial charge on any atom is -0.489 e. The zero-order valence-corrected chi connectivity index (χ0v) is 19.3. The second kappa shape index (κ2) is 10.0. The van der Waals surface area contributed by atoms with Crippen molar-refractivity contribution in [1.29, 1.82) is 0 Å². The Labute approximate surface area is 190 Å². The molecule has 1 N–H and O–H groups in total. The number of carbonyl (C=O) groups is 3. The van der Waals surface area contributed by atoms with E-state index in [1.54, 1.807) is 4.90 Å². The fourth-order valence-electron chi connectivity index (χ4n) is 5.45. The molecule has 1 aromatic carbocycles. The van der Waals surface area contributed by atoms with Crippen molar-refractivity contribution in [1.82, 2.24) is 15.1 Å². The predicted octanol–water partition coefficient (Wildman–Crippen LogP) is 3.26. The normalized spacial score (nSPS) is 25.8. The van der Waals surface area contributed by atoms with E-state index in [0.717, 1.165) is 50.1 Å². The van der Waals surface area contributed by atoms with Gasteiger partial charge in [-0.1, -0.05) is 20.3 Å². The first-order valence-electron chi connectivity index (χ1n) is 12.2. The van der Waals surface area contributed by atoms with Gasteiger partial charge in [0.2, 0.25) is 11.8 Å². The van der Waals surface area contributed by atoms with E-state index in [-0.39, 0.29) is 30.2 Å². The van der Waals surface area contributed by atoms with Crippen molar-refractivity contribution in [3.8, 4) is 5.75 Å². The number of ether oxygens (including phenoxy) is 1. The van der Waals surface area contributed by atoms with Crippen LogP contribution in [0, 0.1) is 0 Å². The summed E-state index contributed by atoms with van der Waals surface area (Å²) in [6.07, 6.45) is 7.71. The van der Waals surface area contributed by atoms with Gasteiger partial charge >= 0.3 is 0 Å². The zero-order chi connectivity index (χ0) is 22.7. The Bertz CT molecular complexity index is 865. The van der Waals surface area contributed by atoms with Gasteiger partial charge in [-0.2, -0.15) is 0 Å². The van der Waals surface area contributed by atoms with Crippen LogP contribution >= 0.6 is 0 Å². The number of rotatable bonds is 8. The van der Waals surface area contributed by atoms with Crippen molar-refractivity contribution in [2.45, 2.75) is 89.9 Å². The van der Waals surface area contributed by atoms with Gasteiger partial charge in [0.15, 0.2) is 0 Å². The highest BCUT2D eigenvalue weighted by atomic mass is 16.5. The average molecular weight is 442 g/mol. The van der Waals surface area contributed by atoms with Crippen LogP contribution in [0.15, 0.2) is 18.2 Å². The quantitative estimate of drug-likeness (QED) is 0.627. The molecule has 174 valence electrons. The number of fused-ring (bicyclic) bond motifs is 1. The Hall–Kier alpha value is -2.41. The minimum atomic E-state index is -0.587. The van der Waals surface area contributed by atoms with E-state index in [9.17, 15) is 14.4 Å². The third kappa shape index (κ3) is 4.68. The molecule has 4 rings (SSSR count). The first kappa shape index (κ1) is 22.8. The number of amides is 3. The molecular weight excluding hydrogens is 406 g/mol. The Morgan fingerprint density at radius 3 is 2.53 bits per heavy atom. The summed E-state index contributed by atoms with van der Waals surface area (Å²) in [7, 11) is 0. The number of piperidine rings is 1. The van der Waals surface area contributed by atoms with Crippen molar-refractivity contribution in [3.63, 3.8) is 0 Å². The predicted molar refractivity (Wildman–Crippen MR) is 121 cm³/mol. The van der Waals surface area contributed by atoms with Gasteiger partial charge in [0.25, 0.3) is 5.91 Å². The van der Waals surface area contributed by atoms with Crippen LogP contribution in [-0.2, 0) is 16.1 Å². The van der Waals surface area contributed by atoms with Crippen molar-refractivity contribution < 1.29 is 19.1 Å². The van der Waals surface area contributed by atoms with Crippen LogP contribution in [0.5, 0.6) is 5.75 Å². The van der Waals surface area contributed by atoms with Crippen molar-refractivity contribution in [2.24, 2.45) is 0 Å². The summed E-state index contributed by atoms with van der Waals surface area (Å²) in [4.78, 5) is 40.8. The maximum atomic E-state index is 12.9. The highest BCUT2D eigenvalue weighted by Crippen LogP contribution is 2.33. The van der Waals surface area contributed by atoms with E-state index in [4.69, 9.17) is 4.74 Å². The van der Waals surface area contributed by atoms with Crippen molar-refractivity contribution in [3.05, 3.63) is 29.3 Å². The van der Waals surface area contributed by atoms with Gasteiger partial charge in [-0.25, -0.2) is 0 Å². The smallest absolute Gasteiger partial charge is 0.255 e. The lowest BCUT2D eigenvalue weighted by Crippen LogP contribution is -2.52. The second-order valence-electron chi connectivity index (χ2n) is 9.26. The number of benzene rings is 1. The molecule has 0 aromatic heterocycles. The molecule has 7 heteroatoms. The van der Waals surface area contributed by atoms with E-state index < -0.39 is 6.04 Å². The number of hydrogen-bond donors (Lipinski definition) is 1. The summed E-state index contributed by atoms with van der Waals surface area (Å²) in [6, 6.07) is 5.52. The molecule has 2 heterocycles. The average Bonchev–Trinajstić information content (AvgIpc) is 3.09. The fraction of sp³-hybridized carbons (Fsp3) is 0.640. The highest BCUT2D eigenvalue weighted by Gasteiger charge is 2.39. The molecule has 32 heavy (non-hydrogen) atoms. The summed E-state index contributed by atoms with van der Waals surface area (Å²) in [6.45, 7) is 7.03. The third-order valence-corrected chi connectivity index (χ3v) is 6.94. The third-order valence-electron chi connectivity index (χ3n) is 6.94. The lowest BCUT2D eigenvalue weighted by atomic mass is 9.90. The van der Waals surface area contributed by atoms with Crippen LogP contribution in [0.4, 0.5) is 0 Å². The standard InChI is InChI=1S/C25H35N3O4/c1-3-13-27(14-4-2)20-7-5-6-8-22(20)32-18-9-10-19-17(15-18)16-28(25(19)31)21-11-12-23(29)26-24(21)30/h9-10,15,20-22H,3-8,11-14,16H2,1-2H3,(H,26,29,30). The van der Waals surface area contributed by atoms with Crippen LogP contribution in [0.2, 0.25) is 0 Å². The first-order chi connectivity index (χ1) is 15.5. The SMILES string of the molecule is CCCN(CCC)C1CCCCC1Oc1ccc2c(c1)CN(C1CCC(=O)NC1=O)C2=O. The molecule has 7 nitrogen and oxygen atoms in total. The molecule has 3 amide bonds. The lowest BCUT2D eigenvalue weighted by molar-refractivity contribution is -0.136. The summed E-state index contributed by atoms with van der Waals surface area (Å²) >= 11 is 0. The maximum Gasteiger partial charge on any atom is 0.255 e. The van der Waals surface area contributed by atoms with Gasteiger partial charge in [0.1, 0.15) is 17.9 Å². The van der Waals surface area contributed by atoms with Crippen molar-refractivity contribution >= 4 is 17.7 Å². The molecule has 3 unspecified atom stereocenters. The number of nitrogens with one attached hydrogen (secondary N) is 1. The number of carbonyl (C=O) groups excluding carboxylic acids is 3. The fourth-order valence-corrected chi connectivity index (χ4v) is 5.45. The summed E-state index contributed by atoms with van der Waals surface area (Å²) < 4.78 is 6.52. The molecule has 2 fully saturated rings. The van der Waals surface area contributed by atoms with E-state index in [1.807, 2.05) is 18.2 Å². The van der Waals surface area contributed by atoms with Gasteiger partial charge in [0.05, 0.1) is 0 Å². The van der Waals surface area contributed by atoms with Crippen LogP contribution in [0.25, 0.3) is 0 Å². The molecular formula is C25H35N3O4. The Kier molecular flexibility index (Phi) is 7.13. The number of imide groups is 1. The van der Waals surface area contributed by atoms with Gasteiger partial charge in [-0.3, -0.25) is 24.6 Å². The van der Waals surface area contributed by atoms with Crippen LogP contribution < -0.4 is 10.1 Å². The highest BCUT2D eigenvalue weighted by molar-refractivity contribution is 6.05. The first-order valence-corrected chi connectivity index (χ1v) is 12.2. The number of hydrogen-bond acceptors (Lipinski definition) is 5. The van der Waals surface area contributed by atoms with Crippen LogP contribution in [0.3, 0.4) is 0 Å². The molecule has 2 aliphatic heterocycles. The summed E-state index contributed by atoms with van der Waals surface area (Å²) in [5.74, 6) is 0.00404. The topological polar surface area (TPSA) is 79.0 Å². The molecule has 3 atom stereocenters. The summed E-state index contributed by atoms with van der Waals surface area (Å²) in [5.41, 5.74) is 1.52. The number of nitrogens with zero attached hydrogens (tertiary/aromatic N) is 2. The molecule has 1 saturated carbocycles.